The van der Waals surface area contributed by atoms with Crippen LogP contribution >= 0.6 is 0 Å². The summed E-state index contributed by atoms with van der Waals surface area (Å²) in [6.07, 6.45) is -0.427. The van der Waals surface area contributed by atoms with Crippen molar-refractivity contribution in [2.24, 2.45) is 0 Å². The normalized spacial score (nSPS) is 10.7. The van der Waals surface area contributed by atoms with E-state index in [1.807, 2.05) is 0 Å². The molecule has 2 aromatic carbocycles. The third-order valence-electron chi connectivity index (χ3n) is 4.55. The second-order valence-electron chi connectivity index (χ2n) is 6.54. The maximum Gasteiger partial charge on any atom is 0.303 e. The first-order valence-corrected chi connectivity index (χ1v) is 9.19. The minimum Gasteiger partial charge on any atom is -0.496 e. The first-order chi connectivity index (χ1) is 14.4. The van der Waals surface area contributed by atoms with Crippen molar-refractivity contribution < 1.29 is 23.8 Å². The summed E-state index contributed by atoms with van der Waals surface area (Å²) in [5.41, 5.74) is 0.00593. The number of benzene rings is 2. The van der Waals surface area contributed by atoms with Crippen LogP contribution in [0.25, 0.3) is 10.9 Å². The van der Waals surface area contributed by atoms with Gasteiger partial charge in [0, 0.05) is 18.5 Å². The van der Waals surface area contributed by atoms with Gasteiger partial charge in [-0.25, -0.2) is 9.37 Å². The van der Waals surface area contributed by atoms with Crippen molar-refractivity contribution >= 4 is 22.8 Å². The van der Waals surface area contributed by atoms with E-state index >= 15 is 0 Å². The van der Waals surface area contributed by atoms with Crippen LogP contribution in [0.15, 0.2) is 47.3 Å². The van der Waals surface area contributed by atoms with Gasteiger partial charge < -0.3 is 15.2 Å². The Morgan fingerprint density at radius 2 is 1.97 bits per heavy atom. The summed E-state index contributed by atoms with van der Waals surface area (Å²) in [5, 5.41) is 11.7. The lowest BCUT2D eigenvalue weighted by molar-refractivity contribution is -0.137. The number of aryl methyl sites for hydroxylation is 1. The van der Waals surface area contributed by atoms with Gasteiger partial charge in [0.15, 0.2) is 0 Å². The van der Waals surface area contributed by atoms with Crippen LogP contribution in [0.5, 0.6) is 5.75 Å². The van der Waals surface area contributed by atoms with E-state index in [4.69, 9.17) is 9.84 Å². The number of nitrogens with one attached hydrogen (secondary N) is 1. The van der Waals surface area contributed by atoms with Crippen molar-refractivity contribution in [3.05, 3.63) is 70.0 Å². The first kappa shape index (κ1) is 21.0. The van der Waals surface area contributed by atoms with E-state index < -0.39 is 23.3 Å². The van der Waals surface area contributed by atoms with Gasteiger partial charge >= 0.3 is 5.97 Å². The van der Waals surface area contributed by atoms with Gasteiger partial charge in [-0.1, -0.05) is 24.3 Å². The van der Waals surface area contributed by atoms with E-state index in [1.165, 1.54) is 25.3 Å². The largest absolute Gasteiger partial charge is 0.496 e. The highest BCUT2D eigenvalue weighted by molar-refractivity contribution is 5.80. The van der Waals surface area contributed by atoms with Crippen LogP contribution in [-0.4, -0.2) is 33.6 Å². The van der Waals surface area contributed by atoms with Gasteiger partial charge in [-0.2, -0.15) is 0 Å². The third-order valence-corrected chi connectivity index (χ3v) is 4.55. The first-order valence-electron chi connectivity index (χ1n) is 9.19. The van der Waals surface area contributed by atoms with Crippen LogP contribution in [0.3, 0.4) is 0 Å². The molecule has 1 aromatic heterocycles. The fourth-order valence-corrected chi connectivity index (χ4v) is 3.07. The summed E-state index contributed by atoms with van der Waals surface area (Å²) in [6, 6.07) is 11.1. The number of hydrogen-bond donors (Lipinski definition) is 2. The number of aromatic nitrogens is 2. The van der Waals surface area contributed by atoms with Gasteiger partial charge in [-0.3, -0.25) is 19.0 Å². The topological polar surface area (TPSA) is 111 Å². The number of amides is 1. The number of nitrogens with zero attached hydrogens (tertiary/aromatic N) is 2. The van der Waals surface area contributed by atoms with Crippen molar-refractivity contribution in [2.75, 3.05) is 7.11 Å². The predicted molar refractivity (Wildman–Crippen MR) is 107 cm³/mol. The number of hydrogen-bond acceptors (Lipinski definition) is 5. The van der Waals surface area contributed by atoms with Gasteiger partial charge in [0.1, 0.15) is 29.5 Å². The van der Waals surface area contributed by atoms with Gasteiger partial charge in [0.25, 0.3) is 5.56 Å². The zero-order valence-electron chi connectivity index (χ0n) is 16.2. The fraction of sp³-hybridized carbons (Fsp3) is 0.238. The summed E-state index contributed by atoms with van der Waals surface area (Å²) in [4.78, 5) is 40.5. The number of halogens is 1. The molecule has 0 unspecified atom stereocenters. The molecule has 1 amide bonds. The van der Waals surface area contributed by atoms with E-state index in [2.05, 4.69) is 10.3 Å². The van der Waals surface area contributed by atoms with Gasteiger partial charge in [0.2, 0.25) is 5.91 Å². The second-order valence-corrected chi connectivity index (χ2v) is 6.54. The van der Waals surface area contributed by atoms with Gasteiger partial charge in [0.05, 0.1) is 18.9 Å². The van der Waals surface area contributed by atoms with Gasteiger partial charge in [-0.15, -0.1) is 0 Å². The molecule has 1 heterocycles. The number of carbonyl (C=O) groups is 2. The smallest absolute Gasteiger partial charge is 0.303 e. The number of para-hydroxylation sites is 2. The molecule has 0 saturated carbocycles. The van der Waals surface area contributed by atoms with E-state index in [1.54, 1.807) is 24.3 Å². The summed E-state index contributed by atoms with van der Waals surface area (Å²) >= 11 is 0. The zero-order chi connectivity index (χ0) is 21.7. The highest BCUT2D eigenvalue weighted by Gasteiger charge is 2.17. The molecule has 0 aliphatic heterocycles. The number of carboxylic acids is 1. The van der Waals surface area contributed by atoms with Crippen molar-refractivity contribution in [3.8, 4) is 5.75 Å². The van der Waals surface area contributed by atoms with E-state index in [0.29, 0.717) is 5.75 Å². The highest BCUT2D eigenvalue weighted by atomic mass is 19.1. The van der Waals surface area contributed by atoms with E-state index in [0.717, 1.165) is 10.1 Å². The summed E-state index contributed by atoms with van der Waals surface area (Å²) in [7, 11) is 1.52. The minimum atomic E-state index is -1.09. The SMILES string of the molecule is COc1ccccc1CNC(=O)Cn1c(CCC(=O)O)nc2c(F)cccc2c1=O. The molecule has 3 rings (SSSR count). The van der Waals surface area contributed by atoms with E-state index in [9.17, 15) is 18.8 Å². The number of aliphatic carboxylic acids is 1. The number of carboxylic acid groups (broad SMARTS) is 1. The van der Waals surface area contributed by atoms with Crippen LogP contribution < -0.4 is 15.6 Å². The van der Waals surface area contributed by atoms with Gasteiger partial charge in [-0.05, 0) is 18.2 Å². The number of carbonyl (C=O) groups excluding carboxylic acids is 1. The monoisotopic (exact) mass is 413 g/mol. The molecule has 2 N–H and O–H groups in total. The molecular formula is C21H20FN3O5. The molecule has 0 spiro atoms. The van der Waals surface area contributed by atoms with Crippen molar-refractivity contribution in [2.45, 2.75) is 25.9 Å². The maximum absolute atomic E-state index is 14.1. The minimum absolute atomic E-state index is 0.0200. The number of rotatable bonds is 8. The Kier molecular flexibility index (Phi) is 6.41. The average Bonchev–Trinajstić information content (AvgIpc) is 2.73. The molecule has 0 saturated heterocycles. The Labute approximate surface area is 170 Å². The van der Waals surface area contributed by atoms with Crippen molar-refractivity contribution in [3.63, 3.8) is 0 Å². The Morgan fingerprint density at radius 1 is 1.20 bits per heavy atom. The Morgan fingerprint density at radius 3 is 2.70 bits per heavy atom. The average molecular weight is 413 g/mol. The standard InChI is InChI=1S/C21H20FN3O5/c1-30-16-8-3-2-5-13(16)11-23-18(26)12-25-17(9-10-19(27)28)24-20-14(21(25)29)6-4-7-15(20)22/h2-8H,9-12H2,1H3,(H,23,26)(H,27,28). The molecule has 0 fully saturated rings. The zero-order valence-corrected chi connectivity index (χ0v) is 16.2. The highest BCUT2D eigenvalue weighted by Crippen LogP contribution is 2.17. The molecule has 0 radical (unpaired) electrons. The molecule has 0 bridgehead atoms. The molecule has 8 nitrogen and oxygen atoms in total. The lowest BCUT2D eigenvalue weighted by atomic mass is 10.2. The Bertz CT molecular complexity index is 1160. The van der Waals surface area contributed by atoms with Crippen molar-refractivity contribution in [1.29, 1.82) is 0 Å². The predicted octanol–water partition coefficient (Wildman–Crippen LogP) is 1.88. The summed E-state index contributed by atoms with van der Waals surface area (Å²) < 4.78 is 20.4. The molecule has 0 aliphatic rings. The molecule has 0 atom stereocenters. The quantitative estimate of drug-likeness (QED) is 0.583. The number of methoxy groups -OCH3 is 1. The molecule has 0 aliphatic carbocycles. The number of fused-ring (bicyclic) bond motifs is 1. The van der Waals surface area contributed by atoms with Crippen molar-refractivity contribution in [1.82, 2.24) is 14.9 Å². The molecular weight excluding hydrogens is 393 g/mol. The number of ether oxygens (including phenoxy) is 1. The molecule has 9 heteroatoms. The summed E-state index contributed by atoms with van der Waals surface area (Å²) in [5.74, 6) is -1.61. The maximum atomic E-state index is 14.1. The van der Waals surface area contributed by atoms with Crippen LogP contribution in [0.2, 0.25) is 0 Å². The van der Waals surface area contributed by atoms with E-state index in [-0.39, 0.29) is 42.7 Å². The lowest BCUT2D eigenvalue weighted by Crippen LogP contribution is -2.34. The Hall–Kier alpha value is -3.75. The third kappa shape index (κ3) is 4.62. The fourth-order valence-electron chi connectivity index (χ4n) is 3.07. The molecule has 3 aromatic rings. The Balaban J connectivity index is 1.88. The molecule has 156 valence electrons. The second kappa shape index (κ2) is 9.17. The lowest BCUT2D eigenvalue weighted by Gasteiger charge is -2.14. The van der Waals surface area contributed by atoms with Crippen LogP contribution in [0.1, 0.15) is 17.8 Å². The summed E-state index contributed by atoms with van der Waals surface area (Å²) in [6.45, 7) is -0.194. The van der Waals surface area contributed by atoms with Crippen LogP contribution in [0, 0.1) is 5.82 Å². The van der Waals surface area contributed by atoms with Crippen LogP contribution in [-0.2, 0) is 29.1 Å². The molecule has 30 heavy (non-hydrogen) atoms. The van der Waals surface area contributed by atoms with Crippen LogP contribution in [0.4, 0.5) is 4.39 Å².